The quantitative estimate of drug-likeness (QED) is 0.596. The molecule has 1 aliphatic carbocycles. The lowest BCUT2D eigenvalue weighted by Crippen LogP contribution is -2.51. The van der Waals surface area contributed by atoms with Gasteiger partial charge in [0.2, 0.25) is 15.9 Å². The fraction of sp³-hybridized carbons (Fsp3) is 0.471. The van der Waals surface area contributed by atoms with Crippen molar-refractivity contribution in [3.63, 3.8) is 0 Å². The molecule has 0 aromatic heterocycles. The van der Waals surface area contributed by atoms with Gasteiger partial charge >= 0.3 is 6.03 Å². The van der Waals surface area contributed by atoms with Gasteiger partial charge < -0.3 is 5.32 Å². The molecule has 1 aromatic rings. The van der Waals surface area contributed by atoms with Crippen molar-refractivity contribution in [3.8, 4) is 0 Å². The molecular formula is C17H21FN4O5S. The average molecular weight is 412 g/mol. The number of amides is 4. The maximum absolute atomic E-state index is 12.9. The Balaban J connectivity index is 1.52. The molecule has 28 heavy (non-hydrogen) atoms. The third-order valence-corrected chi connectivity index (χ3v) is 6.35. The highest BCUT2D eigenvalue weighted by atomic mass is 32.2. The molecule has 1 spiro atoms. The highest BCUT2D eigenvalue weighted by Crippen LogP contribution is 2.32. The van der Waals surface area contributed by atoms with Crippen molar-refractivity contribution in [2.75, 3.05) is 6.54 Å². The predicted octanol–water partition coefficient (Wildman–Crippen LogP) is 0.780. The first kappa shape index (κ1) is 20.2. The van der Waals surface area contributed by atoms with E-state index in [1.807, 2.05) is 0 Å². The Morgan fingerprint density at radius 1 is 1.14 bits per heavy atom. The summed E-state index contributed by atoms with van der Waals surface area (Å²) in [6, 6.07) is 3.55. The predicted molar refractivity (Wildman–Crippen MR) is 95.5 cm³/mol. The number of carbonyl (C=O) groups is 3. The fourth-order valence-electron chi connectivity index (χ4n) is 3.39. The van der Waals surface area contributed by atoms with Crippen LogP contribution in [-0.2, 0) is 19.6 Å². The van der Waals surface area contributed by atoms with Gasteiger partial charge in [-0.25, -0.2) is 22.3 Å². The van der Waals surface area contributed by atoms with E-state index < -0.39 is 39.2 Å². The van der Waals surface area contributed by atoms with E-state index in [-0.39, 0.29) is 17.9 Å². The first-order valence-electron chi connectivity index (χ1n) is 8.95. The molecule has 0 unspecified atom stereocenters. The Morgan fingerprint density at radius 2 is 1.79 bits per heavy atom. The van der Waals surface area contributed by atoms with Crippen molar-refractivity contribution < 1.29 is 27.2 Å². The van der Waals surface area contributed by atoms with E-state index >= 15 is 0 Å². The van der Waals surface area contributed by atoms with Crippen LogP contribution in [0.1, 0.15) is 38.5 Å². The molecule has 4 amide bonds. The highest BCUT2D eigenvalue weighted by molar-refractivity contribution is 7.89. The van der Waals surface area contributed by atoms with E-state index in [4.69, 9.17) is 0 Å². The van der Waals surface area contributed by atoms with Gasteiger partial charge in [-0.15, -0.1) is 0 Å². The van der Waals surface area contributed by atoms with Gasteiger partial charge in [-0.05, 0) is 37.1 Å². The van der Waals surface area contributed by atoms with Crippen molar-refractivity contribution in [2.24, 2.45) is 0 Å². The van der Waals surface area contributed by atoms with E-state index in [9.17, 15) is 27.2 Å². The molecule has 3 rings (SSSR count). The molecule has 1 saturated heterocycles. The lowest BCUT2D eigenvalue weighted by Gasteiger charge is -2.30. The van der Waals surface area contributed by atoms with Crippen molar-refractivity contribution in [1.29, 1.82) is 0 Å². The molecule has 0 atom stereocenters. The number of benzene rings is 1. The van der Waals surface area contributed by atoms with Crippen molar-refractivity contribution in [1.82, 2.24) is 20.5 Å². The zero-order valence-corrected chi connectivity index (χ0v) is 15.9. The molecule has 1 saturated carbocycles. The molecule has 152 valence electrons. The average Bonchev–Trinajstić information content (AvgIpc) is 2.86. The number of hydrogen-bond donors (Lipinski definition) is 3. The number of sulfonamides is 1. The lowest BCUT2D eigenvalue weighted by molar-refractivity contribution is -0.139. The minimum atomic E-state index is -3.90. The second kappa shape index (κ2) is 7.84. The molecule has 0 radical (unpaired) electrons. The number of nitrogens with one attached hydrogen (secondary N) is 3. The number of urea groups is 1. The van der Waals surface area contributed by atoms with Crippen molar-refractivity contribution >= 4 is 27.9 Å². The Kier molecular flexibility index (Phi) is 5.66. The largest absolute Gasteiger partial charge is 0.344 e. The molecule has 3 N–H and O–H groups in total. The van der Waals surface area contributed by atoms with Crippen LogP contribution in [0.25, 0.3) is 0 Å². The van der Waals surface area contributed by atoms with Crippen molar-refractivity contribution in [3.05, 3.63) is 30.1 Å². The van der Waals surface area contributed by atoms with E-state index in [2.05, 4.69) is 15.5 Å². The summed E-state index contributed by atoms with van der Waals surface area (Å²) in [5.74, 6) is -1.74. The summed E-state index contributed by atoms with van der Waals surface area (Å²) in [5.41, 5.74) is 1.28. The number of rotatable bonds is 6. The van der Waals surface area contributed by atoms with E-state index in [1.165, 1.54) is 0 Å². The molecule has 1 aliphatic heterocycles. The van der Waals surface area contributed by atoms with E-state index in [0.29, 0.717) is 17.9 Å². The summed E-state index contributed by atoms with van der Waals surface area (Å²) in [6.07, 6.45) is 3.40. The second-order valence-electron chi connectivity index (χ2n) is 6.85. The van der Waals surface area contributed by atoms with Gasteiger partial charge in [0.15, 0.2) is 0 Å². The summed E-state index contributed by atoms with van der Waals surface area (Å²) in [7, 11) is -3.90. The SMILES string of the molecule is O=C(CCNS(=O)(=O)c1ccc(F)cc1)NN1C(=O)NC2(CCCCC2)C1=O. The smallest absolute Gasteiger partial charge is 0.322 e. The van der Waals surface area contributed by atoms with Gasteiger partial charge in [0, 0.05) is 13.0 Å². The molecule has 1 aromatic carbocycles. The summed E-state index contributed by atoms with van der Waals surface area (Å²) < 4.78 is 39.3. The van der Waals surface area contributed by atoms with Gasteiger partial charge in [-0.2, -0.15) is 5.01 Å². The number of hydrogen-bond acceptors (Lipinski definition) is 5. The molecule has 9 nitrogen and oxygen atoms in total. The zero-order chi connectivity index (χ0) is 20.4. The second-order valence-corrected chi connectivity index (χ2v) is 8.62. The topological polar surface area (TPSA) is 125 Å². The normalized spacial score (nSPS) is 19.0. The first-order valence-corrected chi connectivity index (χ1v) is 10.4. The number of imide groups is 1. The molecule has 1 heterocycles. The van der Waals surface area contributed by atoms with Gasteiger partial charge in [0.1, 0.15) is 11.4 Å². The van der Waals surface area contributed by atoms with Crippen LogP contribution in [0.15, 0.2) is 29.2 Å². The van der Waals surface area contributed by atoms with Gasteiger partial charge in [0.05, 0.1) is 4.90 Å². The Hall–Kier alpha value is -2.53. The van der Waals surface area contributed by atoms with E-state index in [1.54, 1.807) is 0 Å². The fourth-order valence-corrected chi connectivity index (χ4v) is 4.42. The van der Waals surface area contributed by atoms with Gasteiger partial charge in [0.25, 0.3) is 5.91 Å². The molecule has 11 heteroatoms. The van der Waals surface area contributed by atoms with Crippen LogP contribution in [0.2, 0.25) is 0 Å². The number of carbonyl (C=O) groups excluding carboxylic acids is 3. The third-order valence-electron chi connectivity index (χ3n) is 4.87. The van der Waals surface area contributed by atoms with E-state index in [0.717, 1.165) is 43.5 Å². The minimum absolute atomic E-state index is 0.136. The van der Waals surface area contributed by atoms with Crippen LogP contribution in [0.4, 0.5) is 9.18 Å². The zero-order valence-electron chi connectivity index (χ0n) is 15.0. The monoisotopic (exact) mass is 412 g/mol. The highest BCUT2D eigenvalue weighted by Gasteiger charge is 2.52. The lowest BCUT2D eigenvalue weighted by atomic mass is 9.82. The summed E-state index contributed by atoms with van der Waals surface area (Å²) in [5, 5.41) is 3.33. The summed E-state index contributed by atoms with van der Waals surface area (Å²) in [6.45, 7) is -0.250. The Morgan fingerprint density at radius 3 is 2.43 bits per heavy atom. The van der Waals surface area contributed by atoms with Crippen LogP contribution < -0.4 is 15.5 Å². The summed E-state index contributed by atoms with van der Waals surface area (Å²) in [4.78, 5) is 36.6. The number of nitrogens with zero attached hydrogens (tertiary/aromatic N) is 1. The third kappa shape index (κ3) is 4.14. The molecule has 0 bridgehead atoms. The first-order chi connectivity index (χ1) is 13.2. The summed E-state index contributed by atoms with van der Waals surface area (Å²) >= 11 is 0. The van der Waals surface area contributed by atoms with Crippen molar-refractivity contribution in [2.45, 2.75) is 49.0 Å². The maximum atomic E-state index is 12.9. The molecular weight excluding hydrogens is 391 g/mol. The van der Waals surface area contributed by atoms with Crippen LogP contribution in [-0.4, -0.2) is 43.4 Å². The molecule has 2 aliphatic rings. The van der Waals surface area contributed by atoms with Crippen LogP contribution in [0.5, 0.6) is 0 Å². The Bertz CT molecular complexity index is 881. The molecule has 2 fully saturated rings. The Labute approximate surface area is 161 Å². The standard InChI is InChI=1S/C17H21FN4O5S/c18-12-4-6-13(7-5-12)28(26,27)19-11-8-14(23)21-22-15(24)17(20-16(22)25)9-2-1-3-10-17/h4-7,19H,1-3,8-11H2,(H,20,25)(H,21,23). The number of halogens is 1. The van der Waals surface area contributed by atoms with Gasteiger partial charge in [-0.1, -0.05) is 19.3 Å². The minimum Gasteiger partial charge on any atom is -0.322 e. The van der Waals surface area contributed by atoms with Crippen LogP contribution in [0, 0.1) is 5.82 Å². The van der Waals surface area contributed by atoms with Gasteiger partial charge in [-0.3, -0.25) is 15.0 Å². The van der Waals surface area contributed by atoms with Crippen LogP contribution >= 0.6 is 0 Å². The maximum Gasteiger partial charge on any atom is 0.344 e. The number of hydrazine groups is 1. The van der Waals surface area contributed by atoms with Crippen LogP contribution in [0.3, 0.4) is 0 Å².